The maximum atomic E-state index is 12.3. The van der Waals surface area contributed by atoms with Crippen LogP contribution in [0.3, 0.4) is 0 Å². The molecule has 1 amide bonds. The van der Waals surface area contributed by atoms with E-state index in [9.17, 15) is 13.2 Å². The van der Waals surface area contributed by atoms with Crippen molar-refractivity contribution in [3.05, 3.63) is 12.4 Å². The number of carbonyl (C=O) groups is 1. The molecule has 1 fully saturated rings. The summed E-state index contributed by atoms with van der Waals surface area (Å²) < 4.78 is 32.5. The second-order valence-electron chi connectivity index (χ2n) is 6.09. The maximum Gasteiger partial charge on any atom is 0.223 e. The van der Waals surface area contributed by atoms with Crippen LogP contribution >= 0.6 is 0 Å². The van der Waals surface area contributed by atoms with Gasteiger partial charge in [-0.05, 0) is 25.7 Å². The smallest absolute Gasteiger partial charge is 0.223 e. The molecule has 1 saturated carbocycles. The van der Waals surface area contributed by atoms with Gasteiger partial charge < -0.3 is 10.1 Å². The van der Waals surface area contributed by atoms with Crippen LogP contribution < -0.4 is 10.0 Å². The van der Waals surface area contributed by atoms with E-state index < -0.39 is 10.0 Å². The van der Waals surface area contributed by atoms with E-state index >= 15 is 0 Å². The van der Waals surface area contributed by atoms with E-state index in [-0.39, 0.29) is 24.0 Å². The Hall–Kier alpha value is -1.52. The van der Waals surface area contributed by atoms with Crippen LogP contribution in [0.2, 0.25) is 0 Å². The van der Waals surface area contributed by atoms with Crippen molar-refractivity contribution in [3.8, 4) is 0 Å². The number of ether oxygens (including phenoxy) is 1. The number of aryl methyl sites for hydroxylation is 1. The molecule has 0 unspecified atom stereocenters. The third kappa shape index (κ3) is 5.84. The molecule has 10 heteroatoms. The Balaban J connectivity index is 1.75. The van der Waals surface area contributed by atoms with E-state index in [2.05, 4.69) is 20.4 Å². The maximum absolute atomic E-state index is 12.3. The number of methoxy groups -OCH3 is 1. The summed E-state index contributed by atoms with van der Waals surface area (Å²) in [6, 6.07) is -0.277. The first-order valence-electron chi connectivity index (χ1n) is 8.01. The summed E-state index contributed by atoms with van der Waals surface area (Å²) in [5.74, 6) is -0.160. The van der Waals surface area contributed by atoms with Gasteiger partial charge in [-0.2, -0.15) is 0 Å². The van der Waals surface area contributed by atoms with Gasteiger partial charge in [-0.3, -0.25) is 9.48 Å². The summed E-state index contributed by atoms with van der Waals surface area (Å²) in [5.41, 5.74) is 0. The second kappa shape index (κ2) is 8.54. The highest BCUT2D eigenvalue weighted by molar-refractivity contribution is 7.88. The number of carbonyl (C=O) groups excluding carboxylic acids is 1. The number of hydrogen-bond acceptors (Lipinski definition) is 6. The van der Waals surface area contributed by atoms with Crippen LogP contribution in [0, 0.1) is 5.92 Å². The Bertz CT molecular complexity index is 619. The van der Waals surface area contributed by atoms with Gasteiger partial charge >= 0.3 is 0 Å². The van der Waals surface area contributed by atoms with Gasteiger partial charge in [0.15, 0.2) is 0 Å². The van der Waals surface area contributed by atoms with Crippen molar-refractivity contribution in [3.63, 3.8) is 0 Å². The molecule has 0 saturated heterocycles. The Morgan fingerprint density at radius 3 is 2.83 bits per heavy atom. The van der Waals surface area contributed by atoms with Crippen molar-refractivity contribution >= 4 is 15.9 Å². The third-order valence-electron chi connectivity index (χ3n) is 4.17. The third-order valence-corrected chi connectivity index (χ3v) is 4.90. The number of hydrogen-bond donors (Lipinski definition) is 2. The molecule has 1 heterocycles. The lowest BCUT2D eigenvalue weighted by molar-refractivity contribution is -0.127. The highest BCUT2D eigenvalue weighted by Crippen LogP contribution is 2.27. The lowest BCUT2D eigenvalue weighted by atomic mass is 9.83. The Kier molecular flexibility index (Phi) is 6.69. The highest BCUT2D eigenvalue weighted by atomic mass is 32.2. The summed E-state index contributed by atoms with van der Waals surface area (Å²) in [6.45, 7) is 1.27. The second-order valence-corrected chi connectivity index (χ2v) is 7.87. The van der Waals surface area contributed by atoms with E-state index in [1.54, 1.807) is 24.2 Å². The Morgan fingerprint density at radius 2 is 2.21 bits per heavy atom. The minimum Gasteiger partial charge on any atom is -0.380 e. The zero-order chi connectivity index (χ0) is 17.6. The fraction of sp³-hybridized carbons (Fsp3) is 0.786. The molecule has 2 N–H and O–H groups in total. The molecule has 2 rings (SSSR count). The molecular weight excluding hydrogens is 334 g/mol. The van der Waals surface area contributed by atoms with Crippen molar-refractivity contribution in [2.75, 3.05) is 19.9 Å². The minimum absolute atomic E-state index is 0.00607. The predicted octanol–water partition coefficient (Wildman–Crippen LogP) is -0.483. The first-order chi connectivity index (χ1) is 11.4. The lowest BCUT2D eigenvalue weighted by Crippen LogP contribution is -2.49. The summed E-state index contributed by atoms with van der Waals surface area (Å²) in [7, 11) is -1.75. The van der Waals surface area contributed by atoms with Crippen molar-refractivity contribution in [2.45, 2.75) is 44.4 Å². The summed E-state index contributed by atoms with van der Waals surface area (Å²) in [5, 5.41) is 10.5. The van der Waals surface area contributed by atoms with Crippen LogP contribution in [0.15, 0.2) is 12.4 Å². The van der Waals surface area contributed by atoms with E-state index in [1.807, 2.05) is 0 Å². The molecule has 1 aromatic heterocycles. The van der Waals surface area contributed by atoms with Crippen molar-refractivity contribution in [2.24, 2.45) is 5.92 Å². The summed E-state index contributed by atoms with van der Waals surface area (Å²) in [4.78, 5) is 12.3. The highest BCUT2D eigenvalue weighted by Gasteiger charge is 2.35. The van der Waals surface area contributed by atoms with Gasteiger partial charge in [0.05, 0.1) is 18.6 Å². The molecule has 0 spiro atoms. The molecule has 0 bridgehead atoms. The molecule has 0 aliphatic heterocycles. The van der Waals surface area contributed by atoms with Crippen molar-refractivity contribution in [1.82, 2.24) is 25.0 Å². The van der Waals surface area contributed by atoms with E-state index in [4.69, 9.17) is 4.74 Å². The van der Waals surface area contributed by atoms with Gasteiger partial charge in [-0.15, -0.1) is 5.10 Å². The van der Waals surface area contributed by atoms with Crippen molar-refractivity contribution in [1.29, 1.82) is 0 Å². The Labute approximate surface area is 142 Å². The van der Waals surface area contributed by atoms with E-state index in [0.29, 0.717) is 32.4 Å². The molecular formula is C14H25N5O4S. The van der Waals surface area contributed by atoms with Gasteiger partial charge in [0.1, 0.15) is 0 Å². The van der Waals surface area contributed by atoms with Gasteiger partial charge in [-0.25, -0.2) is 13.1 Å². The van der Waals surface area contributed by atoms with Crippen LogP contribution in [-0.2, 0) is 26.1 Å². The molecule has 24 heavy (non-hydrogen) atoms. The average molecular weight is 359 g/mol. The van der Waals surface area contributed by atoms with Crippen LogP contribution in [-0.4, -0.2) is 61.4 Å². The molecule has 136 valence electrons. The summed E-state index contributed by atoms with van der Waals surface area (Å²) >= 11 is 0. The molecule has 1 aliphatic carbocycles. The zero-order valence-electron chi connectivity index (χ0n) is 14.0. The van der Waals surface area contributed by atoms with Gasteiger partial charge in [0.25, 0.3) is 0 Å². The average Bonchev–Trinajstić information content (AvgIpc) is 3.03. The van der Waals surface area contributed by atoms with Gasteiger partial charge in [-0.1, -0.05) is 5.21 Å². The number of rotatable bonds is 8. The topological polar surface area (TPSA) is 115 Å². The van der Waals surface area contributed by atoms with Crippen LogP contribution in [0.4, 0.5) is 0 Å². The largest absolute Gasteiger partial charge is 0.380 e. The van der Waals surface area contributed by atoms with Crippen LogP contribution in [0.1, 0.15) is 25.7 Å². The monoisotopic (exact) mass is 359 g/mol. The fourth-order valence-corrected chi connectivity index (χ4v) is 3.81. The molecule has 1 aliphatic rings. The Morgan fingerprint density at radius 1 is 1.42 bits per heavy atom. The first kappa shape index (κ1) is 18.8. The molecule has 3 atom stereocenters. The molecule has 9 nitrogen and oxygen atoms in total. The minimum atomic E-state index is -3.29. The summed E-state index contributed by atoms with van der Waals surface area (Å²) in [6.07, 6.45) is 6.75. The number of aromatic nitrogens is 3. The predicted molar refractivity (Wildman–Crippen MR) is 87.6 cm³/mol. The first-order valence-corrected chi connectivity index (χ1v) is 9.90. The molecule has 1 aromatic rings. The SMILES string of the molecule is CO[C@@H]1C[C@@H](C(=O)NCCCn2ccnn2)CC[C@H]1NS(C)(=O)=O. The number of amides is 1. The molecule has 0 radical (unpaired) electrons. The van der Waals surface area contributed by atoms with Gasteiger partial charge in [0, 0.05) is 38.4 Å². The fourth-order valence-electron chi connectivity index (χ4n) is 2.99. The normalized spacial score (nSPS) is 24.7. The van der Waals surface area contributed by atoms with E-state index in [1.165, 1.54) is 0 Å². The van der Waals surface area contributed by atoms with Crippen molar-refractivity contribution < 1.29 is 17.9 Å². The lowest BCUT2D eigenvalue weighted by Gasteiger charge is -2.34. The quantitative estimate of drug-likeness (QED) is 0.606. The number of nitrogens with one attached hydrogen (secondary N) is 2. The standard InChI is InChI=1S/C14H25N5O4S/c1-23-13-10-11(4-5-12(13)17-24(2,21)22)14(20)15-6-3-8-19-9-7-16-18-19/h7,9,11-13,17H,3-6,8,10H2,1-2H3,(H,15,20)/t11-,12+,13+/m0/s1. The van der Waals surface area contributed by atoms with Crippen LogP contribution in [0.5, 0.6) is 0 Å². The van der Waals surface area contributed by atoms with Gasteiger partial charge in [0.2, 0.25) is 15.9 Å². The number of nitrogens with zero attached hydrogens (tertiary/aromatic N) is 3. The van der Waals surface area contributed by atoms with E-state index in [0.717, 1.165) is 12.7 Å². The zero-order valence-corrected chi connectivity index (χ0v) is 14.8. The van der Waals surface area contributed by atoms with Crippen LogP contribution in [0.25, 0.3) is 0 Å². The number of sulfonamides is 1. The molecule has 0 aromatic carbocycles.